The van der Waals surface area contributed by atoms with Gasteiger partial charge in [-0.1, -0.05) is 0 Å². The van der Waals surface area contributed by atoms with Crippen molar-refractivity contribution in [2.24, 2.45) is 5.92 Å². The molecule has 3 amide bonds. The molecule has 52 heavy (non-hydrogen) atoms. The van der Waals surface area contributed by atoms with Gasteiger partial charge in [-0.05, 0) is 43.0 Å². The molecule has 3 saturated heterocycles. The number of piperidine rings is 1. The monoisotopic (exact) mass is 739 g/mol. The number of nitrogens with one attached hydrogen (secondary N) is 1. The van der Waals surface area contributed by atoms with Crippen molar-refractivity contribution in [3.63, 3.8) is 0 Å². The van der Waals surface area contributed by atoms with Crippen LogP contribution in [0.2, 0.25) is 0 Å². The van der Waals surface area contributed by atoms with Crippen molar-refractivity contribution in [3.05, 3.63) is 54.6 Å². The lowest BCUT2D eigenvalue weighted by molar-refractivity contribution is -0.133. The fourth-order valence-electron chi connectivity index (χ4n) is 6.62. The quantitative estimate of drug-likeness (QED) is 0.241. The number of piperazine rings is 1. The molecule has 276 valence electrons. The maximum atomic E-state index is 13.6. The van der Waals surface area contributed by atoms with Crippen molar-refractivity contribution >= 4 is 41.0 Å². The van der Waals surface area contributed by atoms with Gasteiger partial charge in [0.15, 0.2) is 5.65 Å². The van der Waals surface area contributed by atoms with Crippen molar-refractivity contribution < 1.29 is 37.4 Å². The number of alkyl halides is 2. The summed E-state index contributed by atoms with van der Waals surface area (Å²) in [7, 11) is 1.39. The maximum absolute atomic E-state index is 13.6. The van der Waals surface area contributed by atoms with Crippen LogP contribution in [0, 0.1) is 5.92 Å². The van der Waals surface area contributed by atoms with Crippen LogP contribution in [-0.4, -0.2) is 135 Å². The second kappa shape index (κ2) is 15.8. The fourth-order valence-corrected chi connectivity index (χ4v) is 7.67. The van der Waals surface area contributed by atoms with E-state index in [4.69, 9.17) is 14.2 Å². The largest absolute Gasteiger partial charge is 0.453 e. The number of ether oxygens (including phenoxy) is 3. The minimum absolute atomic E-state index is 0.122. The zero-order chi connectivity index (χ0) is 36.2. The van der Waals surface area contributed by atoms with E-state index >= 15 is 0 Å². The van der Waals surface area contributed by atoms with E-state index in [1.54, 1.807) is 52.2 Å². The fraction of sp³-hybridized carbons (Fsp3) is 0.471. The first-order valence-corrected chi connectivity index (χ1v) is 18.0. The van der Waals surface area contributed by atoms with Gasteiger partial charge in [-0.3, -0.25) is 19.2 Å². The molecule has 3 fully saturated rings. The molecule has 1 aromatic carbocycles. The number of thioether (sulfide) groups is 1. The number of hydrogen-bond acceptors (Lipinski definition) is 11. The van der Waals surface area contributed by atoms with E-state index < -0.39 is 12.5 Å². The number of hydrogen-bond donors (Lipinski definition) is 1. The highest BCUT2D eigenvalue weighted by molar-refractivity contribution is 8.00. The number of rotatable bonds is 11. The van der Waals surface area contributed by atoms with Gasteiger partial charge in [-0.25, -0.2) is 14.3 Å². The van der Waals surface area contributed by atoms with Gasteiger partial charge in [0.1, 0.15) is 23.6 Å². The number of benzene rings is 1. The summed E-state index contributed by atoms with van der Waals surface area (Å²) in [5.41, 5.74) is 1.13. The molecule has 0 spiro atoms. The first-order chi connectivity index (χ1) is 25.2. The minimum atomic E-state index is -3.10. The Morgan fingerprint density at radius 1 is 1.08 bits per heavy atom. The molecule has 6 heterocycles. The Morgan fingerprint density at radius 2 is 1.87 bits per heavy atom. The lowest BCUT2D eigenvalue weighted by atomic mass is 9.96. The number of carbonyl (C=O) groups is 3. The smallest absolute Gasteiger partial charge is 0.409 e. The summed E-state index contributed by atoms with van der Waals surface area (Å²) in [5.74, 6) is -0.390. The number of methoxy groups -OCH3 is 1. The molecule has 4 aromatic rings. The third kappa shape index (κ3) is 8.13. The van der Waals surface area contributed by atoms with Gasteiger partial charge in [0, 0.05) is 74.9 Å². The van der Waals surface area contributed by atoms with Gasteiger partial charge in [-0.15, -0.1) is 11.8 Å². The maximum Gasteiger partial charge on any atom is 0.409 e. The molecule has 0 radical (unpaired) electrons. The number of anilines is 1. The minimum Gasteiger partial charge on any atom is -0.453 e. The van der Waals surface area contributed by atoms with Crippen molar-refractivity contribution in [1.29, 1.82) is 0 Å². The van der Waals surface area contributed by atoms with E-state index in [-0.39, 0.29) is 52.1 Å². The highest BCUT2D eigenvalue weighted by Crippen LogP contribution is 2.39. The van der Waals surface area contributed by atoms with Gasteiger partial charge in [0.25, 0.3) is 5.91 Å². The van der Waals surface area contributed by atoms with E-state index in [0.29, 0.717) is 51.0 Å². The highest BCUT2D eigenvalue weighted by atomic mass is 32.2. The predicted molar refractivity (Wildman–Crippen MR) is 185 cm³/mol. The van der Waals surface area contributed by atoms with Gasteiger partial charge in [0.2, 0.25) is 5.91 Å². The van der Waals surface area contributed by atoms with Crippen molar-refractivity contribution in [2.45, 2.75) is 36.1 Å². The summed E-state index contributed by atoms with van der Waals surface area (Å²) in [4.78, 5) is 49.9. The Balaban J connectivity index is 1.08. The SMILES string of the molecule is COC(=O)N1CCN(CC2CCN(C(=O)Cn3cc(NC(=O)c4cnn5cccnc45)c(-c4cc(SC5COC5)ccc4OC(F)F)n3)CC2)CC1. The average molecular weight is 740 g/mol. The Labute approximate surface area is 302 Å². The van der Waals surface area contributed by atoms with Crippen LogP contribution in [0.1, 0.15) is 23.2 Å². The number of halogens is 2. The summed E-state index contributed by atoms with van der Waals surface area (Å²) < 4.78 is 45.1. The first kappa shape index (κ1) is 35.6. The summed E-state index contributed by atoms with van der Waals surface area (Å²) in [6.45, 7) is 2.82. The molecule has 0 bridgehead atoms. The summed E-state index contributed by atoms with van der Waals surface area (Å²) in [6, 6.07) is 6.53. The molecule has 3 aromatic heterocycles. The molecule has 3 aliphatic heterocycles. The van der Waals surface area contributed by atoms with Crippen LogP contribution in [0.15, 0.2) is 53.9 Å². The Hall–Kier alpha value is -4.81. The molecular formula is C34H39F2N9O6S. The number of likely N-dealkylation sites (tertiary alicyclic amines) is 1. The lowest BCUT2D eigenvalue weighted by Gasteiger charge is -2.38. The average Bonchev–Trinajstić information content (AvgIpc) is 3.74. The molecule has 0 atom stereocenters. The third-order valence-electron chi connectivity index (χ3n) is 9.45. The second-order valence-corrected chi connectivity index (χ2v) is 14.3. The number of amides is 3. The zero-order valence-corrected chi connectivity index (χ0v) is 29.3. The molecule has 18 heteroatoms. The molecule has 1 N–H and O–H groups in total. The number of aromatic nitrogens is 5. The summed E-state index contributed by atoms with van der Waals surface area (Å²) in [6.07, 6.45) is 7.50. The van der Waals surface area contributed by atoms with Crippen LogP contribution in [0.3, 0.4) is 0 Å². The summed E-state index contributed by atoms with van der Waals surface area (Å²) in [5, 5.41) is 11.9. The normalized spacial score (nSPS) is 17.4. The van der Waals surface area contributed by atoms with Crippen molar-refractivity contribution in [3.8, 4) is 17.0 Å². The molecule has 15 nitrogen and oxygen atoms in total. The van der Waals surface area contributed by atoms with E-state index in [2.05, 4.69) is 25.4 Å². The number of fused-ring (bicyclic) bond motifs is 1. The van der Waals surface area contributed by atoms with E-state index in [0.717, 1.165) is 37.4 Å². The summed E-state index contributed by atoms with van der Waals surface area (Å²) >= 11 is 1.54. The van der Waals surface area contributed by atoms with Crippen LogP contribution >= 0.6 is 11.8 Å². The number of nitrogens with zero attached hydrogens (tertiary/aromatic N) is 8. The van der Waals surface area contributed by atoms with Crippen molar-refractivity contribution in [2.75, 3.05) is 71.5 Å². The topological polar surface area (TPSA) is 149 Å². The predicted octanol–water partition coefficient (Wildman–Crippen LogP) is 3.56. The van der Waals surface area contributed by atoms with Gasteiger partial charge in [-0.2, -0.15) is 19.0 Å². The van der Waals surface area contributed by atoms with Gasteiger partial charge in [0.05, 0.1) is 37.5 Å². The Bertz CT molecular complexity index is 1900. The third-order valence-corrected chi connectivity index (χ3v) is 10.6. The zero-order valence-electron chi connectivity index (χ0n) is 28.5. The highest BCUT2D eigenvalue weighted by Gasteiger charge is 2.29. The van der Waals surface area contributed by atoms with Crippen LogP contribution in [-0.2, 0) is 20.8 Å². The van der Waals surface area contributed by atoms with E-state index in [1.807, 2.05) is 0 Å². The van der Waals surface area contributed by atoms with E-state index in [9.17, 15) is 23.2 Å². The standard InChI is InChI=1S/C34H39F2N9O6S/c1-49-34(48)43-13-11-41(12-14-43)17-22-5-9-42(10-6-22)29(46)19-44-18-27(39-32(47)26-16-38-45-8-2-7-37-31(26)45)30(40-44)25-15-23(52-24-20-50-21-24)3-4-28(25)51-33(35)36/h2-4,7-8,15-16,18,22,24,33H,5-6,9-14,17,19-21H2,1H3,(H,39,47). The Morgan fingerprint density at radius 3 is 2.58 bits per heavy atom. The number of carbonyl (C=O) groups excluding carboxylic acids is 3. The van der Waals surface area contributed by atoms with Crippen molar-refractivity contribution in [1.82, 2.24) is 39.1 Å². The van der Waals surface area contributed by atoms with Gasteiger partial charge >= 0.3 is 12.7 Å². The Kier molecular flexibility index (Phi) is 10.8. The first-order valence-electron chi connectivity index (χ1n) is 17.1. The molecular weight excluding hydrogens is 700 g/mol. The molecule has 3 aliphatic rings. The van der Waals surface area contributed by atoms with Crippen LogP contribution in [0.25, 0.3) is 16.9 Å². The van der Waals surface area contributed by atoms with Crippen LogP contribution in [0.5, 0.6) is 5.75 Å². The lowest BCUT2D eigenvalue weighted by Crippen LogP contribution is -2.50. The molecule has 0 aliphatic carbocycles. The van der Waals surface area contributed by atoms with Crippen LogP contribution < -0.4 is 10.1 Å². The molecule has 0 unspecified atom stereocenters. The molecule has 7 rings (SSSR count). The molecule has 0 saturated carbocycles. The van der Waals surface area contributed by atoms with E-state index in [1.165, 1.54) is 34.8 Å². The second-order valence-electron chi connectivity index (χ2n) is 12.9. The van der Waals surface area contributed by atoms with Crippen LogP contribution in [0.4, 0.5) is 19.3 Å². The van der Waals surface area contributed by atoms with Gasteiger partial charge < -0.3 is 29.3 Å².